The Hall–Kier alpha value is -3.89. The van der Waals surface area contributed by atoms with Crippen LogP contribution >= 0.6 is 0 Å². The zero-order valence-corrected chi connectivity index (χ0v) is 14.7. The molecule has 3 aromatic rings. The van der Waals surface area contributed by atoms with Crippen molar-refractivity contribution in [3.05, 3.63) is 74.8 Å². The van der Waals surface area contributed by atoms with Gasteiger partial charge in [0, 0.05) is 12.3 Å². The van der Waals surface area contributed by atoms with Gasteiger partial charge >= 0.3 is 11.8 Å². The van der Waals surface area contributed by atoms with Gasteiger partial charge in [-0.3, -0.25) is 14.3 Å². The van der Waals surface area contributed by atoms with E-state index in [1.54, 1.807) is 23.0 Å². The largest absolute Gasteiger partial charge is 0.492 e. The highest BCUT2D eigenvalue weighted by Crippen LogP contribution is 2.13. The first kappa shape index (κ1) is 18.9. The van der Waals surface area contributed by atoms with Crippen molar-refractivity contribution in [3.63, 3.8) is 0 Å². The minimum Gasteiger partial charge on any atom is -0.492 e. The minimum absolute atomic E-state index is 0.201. The van der Waals surface area contributed by atoms with E-state index in [2.05, 4.69) is 20.6 Å². The molecule has 3 rings (SSSR count). The Kier molecular flexibility index (Phi) is 5.84. The fourth-order valence-electron chi connectivity index (χ4n) is 2.44. The van der Waals surface area contributed by atoms with E-state index in [9.17, 15) is 14.4 Å². The van der Waals surface area contributed by atoms with Crippen molar-refractivity contribution >= 4 is 6.09 Å². The normalized spacial score (nSPS) is 10.6. The Bertz CT molecular complexity index is 1050. The summed E-state index contributed by atoms with van der Waals surface area (Å²) in [7, 11) is 0. The predicted octanol–water partition coefficient (Wildman–Crippen LogP) is -0.129. The molecule has 146 valence electrons. The molecule has 11 nitrogen and oxygen atoms in total. The van der Waals surface area contributed by atoms with E-state index >= 15 is 0 Å². The van der Waals surface area contributed by atoms with Gasteiger partial charge in [0.05, 0.1) is 25.8 Å². The van der Waals surface area contributed by atoms with Gasteiger partial charge < -0.3 is 15.2 Å². The van der Waals surface area contributed by atoms with Crippen LogP contribution in [0.1, 0.15) is 11.3 Å². The monoisotopic (exact) mass is 386 g/mol. The van der Waals surface area contributed by atoms with Gasteiger partial charge in [-0.25, -0.2) is 14.3 Å². The van der Waals surface area contributed by atoms with Gasteiger partial charge in [-0.2, -0.15) is 0 Å². The zero-order valence-electron chi connectivity index (χ0n) is 14.7. The summed E-state index contributed by atoms with van der Waals surface area (Å²) in [5.41, 5.74) is 0.598. The Morgan fingerprint density at radius 2 is 1.96 bits per heavy atom. The van der Waals surface area contributed by atoms with Crippen LogP contribution in [0.25, 0.3) is 0 Å². The molecule has 0 unspecified atom stereocenters. The number of ether oxygens (including phenoxy) is 1. The number of nitrogens with zero attached hydrogens (tertiary/aromatic N) is 4. The van der Waals surface area contributed by atoms with Crippen LogP contribution in [-0.4, -0.2) is 48.9 Å². The molecule has 0 spiro atoms. The number of amides is 1. The van der Waals surface area contributed by atoms with E-state index in [0.29, 0.717) is 18.0 Å². The van der Waals surface area contributed by atoms with Gasteiger partial charge in [0.2, 0.25) is 0 Å². The molecular formula is C17H18N6O5. The number of carbonyl (C=O) groups is 1. The van der Waals surface area contributed by atoms with Gasteiger partial charge in [-0.05, 0) is 17.7 Å². The van der Waals surface area contributed by atoms with Gasteiger partial charge in [-0.15, -0.1) is 5.10 Å². The number of rotatable bonds is 8. The Labute approximate surface area is 158 Å². The van der Waals surface area contributed by atoms with Crippen molar-refractivity contribution in [1.82, 2.24) is 29.9 Å². The predicted molar refractivity (Wildman–Crippen MR) is 97.5 cm³/mol. The molecule has 0 aliphatic carbocycles. The summed E-state index contributed by atoms with van der Waals surface area (Å²) in [5.74, 6) is 0.632. The summed E-state index contributed by atoms with van der Waals surface area (Å²) < 4.78 is 8.41. The fourth-order valence-corrected chi connectivity index (χ4v) is 2.44. The Balaban J connectivity index is 1.55. The van der Waals surface area contributed by atoms with E-state index in [0.717, 1.165) is 5.56 Å². The van der Waals surface area contributed by atoms with Crippen molar-refractivity contribution in [2.24, 2.45) is 0 Å². The number of carboxylic acid groups (broad SMARTS) is 1. The minimum atomic E-state index is -1.09. The second-order valence-corrected chi connectivity index (χ2v) is 5.87. The smallest absolute Gasteiger partial charge is 0.404 e. The van der Waals surface area contributed by atoms with Gasteiger partial charge in [0.25, 0.3) is 5.56 Å². The Morgan fingerprint density at radius 1 is 1.18 bits per heavy atom. The number of nitrogens with one attached hydrogen (secondary N) is 2. The van der Waals surface area contributed by atoms with Crippen LogP contribution in [0.5, 0.6) is 5.75 Å². The maximum atomic E-state index is 11.7. The van der Waals surface area contributed by atoms with Crippen molar-refractivity contribution in [3.8, 4) is 5.75 Å². The van der Waals surface area contributed by atoms with E-state index in [-0.39, 0.29) is 19.7 Å². The van der Waals surface area contributed by atoms with Crippen LogP contribution in [0.4, 0.5) is 4.79 Å². The van der Waals surface area contributed by atoms with Crippen LogP contribution in [0.2, 0.25) is 0 Å². The lowest BCUT2D eigenvalue weighted by atomic mass is 10.2. The lowest BCUT2D eigenvalue weighted by Gasteiger charge is -2.07. The quantitative estimate of drug-likeness (QED) is 0.457. The summed E-state index contributed by atoms with van der Waals surface area (Å²) in [6.07, 6.45) is 2.04. The van der Waals surface area contributed by atoms with E-state index in [1.807, 2.05) is 12.1 Å². The van der Waals surface area contributed by atoms with Gasteiger partial charge in [0.15, 0.2) is 0 Å². The average molecular weight is 386 g/mol. The second-order valence-electron chi connectivity index (χ2n) is 5.87. The Morgan fingerprint density at radius 3 is 2.68 bits per heavy atom. The molecule has 0 saturated heterocycles. The molecule has 0 bridgehead atoms. The summed E-state index contributed by atoms with van der Waals surface area (Å²) in [4.78, 5) is 35.3. The van der Waals surface area contributed by atoms with E-state index in [4.69, 9.17) is 9.84 Å². The highest BCUT2D eigenvalue weighted by atomic mass is 16.5. The third-order valence-electron chi connectivity index (χ3n) is 3.73. The van der Waals surface area contributed by atoms with Crippen molar-refractivity contribution in [1.29, 1.82) is 0 Å². The molecular weight excluding hydrogens is 368 g/mol. The number of aromatic nitrogens is 5. The van der Waals surface area contributed by atoms with Crippen molar-refractivity contribution < 1.29 is 14.6 Å². The van der Waals surface area contributed by atoms with Crippen molar-refractivity contribution in [2.75, 3.05) is 13.2 Å². The number of aromatic amines is 1. The molecule has 1 amide bonds. The zero-order chi connectivity index (χ0) is 19.9. The fraction of sp³-hybridized carbons (Fsp3) is 0.235. The van der Waals surface area contributed by atoms with Crippen molar-refractivity contribution in [2.45, 2.75) is 13.1 Å². The first-order chi connectivity index (χ1) is 13.5. The third-order valence-corrected chi connectivity index (χ3v) is 3.73. The van der Waals surface area contributed by atoms with Gasteiger partial charge in [-0.1, -0.05) is 17.3 Å². The molecule has 2 aromatic heterocycles. The molecule has 0 atom stereocenters. The lowest BCUT2D eigenvalue weighted by Crippen LogP contribution is -2.28. The molecule has 0 aliphatic rings. The highest BCUT2D eigenvalue weighted by Gasteiger charge is 2.05. The topological polar surface area (TPSA) is 144 Å². The number of hydrogen-bond acceptors (Lipinski definition) is 6. The van der Waals surface area contributed by atoms with Crippen LogP contribution in [0, 0.1) is 0 Å². The molecule has 0 radical (unpaired) electrons. The molecule has 0 fully saturated rings. The standard InChI is InChI=1S/C17H18N6O5/c24-15-5-7-22(16(25)19-15)10-13-11-23(21-20-13)9-12-1-3-14(4-2-12)28-8-6-18-17(26)27/h1-5,7,11,18H,6,8-10H2,(H,26,27)(H,19,24,25). The van der Waals surface area contributed by atoms with Crippen LogP contribution in [-0.2, 0) is 13.1 Å². The van der Waals surface area contributed by atoms with Crippen LogP contribution < -0.4 is 21.3 Å². The van der Waals surface area contributed by atoms with Crippen LogP contribution in [0.3, 0.4) is 0 Å². The molecule has 2 heterocycles. The summed E-state index contributed by atoms with van der Waals surface area (Å²) in [6, 6.07) is 8.58. The first-order valence-electron chi connectivity index (χ1n) is 8.37. The number of benzene rings is 1. The van der Waals surface area contributed by atoms with E-state index < -0.39 is 17.3 Å². The molecule has 3 N–H and O–H groups in total. The molecule has 0 aliphatic heterocycles. The maximum Gasteiger partial charge on any atom is 0.404 e. The lowest BCUT2D eigenvalue weighted by molar-refractivity contribution is 0.191. The molecule has 0 saturated carbocycles. The van der Waals surface area contributed by atoms with Gasteiger partial charge in [0.1, 0.15) is 18.1 Å². The number of H-pyrrole nitrogens is 1. The highest BCUT2D eigenvalue weighted by molar-refractivity contribution is 5.64. The summed E-state index contributed by atoms with van der Waals surface area (Å²) in [5, 5.41) is 18.8. The van der Waals surface area contributed by atoms with E-state index in [1.165, 1.54) is 16.8 Å². The second kappa shape index (κ2) is 8.66. The average Bonchev–Trinajstić information content (AvgIpc) is 3.09. The summed E-state index contributed by atoms with van der Waals surface area (Å²) >= 11 is 0. The summed E-state index contributed by atoms with van der Waals surface area (Å²) in [6.45, 7) is 1.13. The molecule has 1 aromatic carbocycles. The SMILES string of the molecule is O=C(O)NCCOc1ccc(Cn2cc(Cn3ccc(=O)[nH]c3=O)nn2)cc1. The molecule has 11 heteroatoms. The van der Waals surface area contributed by atoms with Crippen LogP contribution in [0.15, 0.2) is 52.3 Å². The third kappa shape index (κ3) is 5.30. The molecule has 28 heavy (non-hydrogen) atoms. The maximum absolute atomic E-state index is 11.7. The number of hydrogen-bond donors (Lipinski definition) is 3. The first-order valence-corrected chi connectivity index (χ1v) is 8.37.